The topological polar surface area (TPSA) is 72.0 Å². The fourth-order valence-corrected chi connectivity index (χ4v) is 10.1. The van der Waals surface area contributed by atoms with E-state index in [0.717, 1.165) is 52.1 Å². The normalized spacial score (nSPS) is 16.1. The van der Waals surface area contributed by atoms with Crippen molar-refractivity contribution in [2.24, 2.45) is 0 Å². The molecule has 0 heterocycles. The van der Waals surface area contributed by atoms with Crippen molar-refractivity contribution in [1.82, 2.24) is 29.4 Å². The van der Waals surface area contributed by atoms with Gasteiger partial charge in [0.1, 0.15) is 10.8 Å². The van der Waals surface area contributed by atoms with Crippen LogP contribution in [-0.4, -0.2) is 142 Å². The van der Waals surface area contributed by atoms with Crippen LogP contribution in [0.2, 0.25) is 0 Å². The van der Waals surface area contributed by atoms with Crippen LogP contribution in [0, 0.1) is 0 Å². The Bertz CT molecular complexity index is 706. The van der Waals surface area contributed by atoms with Crippen LogP contribution >= 0.6 is 17.6 Å². The van der Waals surface area contributed by atoms with E-state index in [-0.39, 0.29) is 29.7 Å². The summed E-state index contributed by atoms with van der Waals surface area (Å²) in [6, 6.07) is 0.125. The summed E-state index contributed by atoms with van der Waals surface area (Å²) in [6.07, 6.45) is 1.70. The Balaban J connectivity index is 6.51. The maximum absolute atomic E-state index is 13.5. The Kier molecular flexibility index (Phi) is 18.4. The monoisotopic (exact) mass is 616 g/mol. The van der Waals surface area contributed by atoms with Crippen molar-refractivity contribution < 1.29 is 16.4 Å². The summed E-state index contributed by atoms with van der Waals surface area (Å²) >= 11 is 0. The molecule has 0 aromatic heterocycles. The third kappa shape index (κ3) is 9.24. The summed E-state index contributed by atoms with van der Waals surface area (Å²) < 4.78 is 38.8. The second-order valence-corrected chi connectivity index (χ2v) is 14.3. The van der Waals surface area contributed by atoms with Gasteiger partial charge in [-0.3, -0.25) is 19.6 Å². The van der Waals surface area contributed by atoms with Gasteiger partial charge in [0.05, 0.1) is 17.6 Å². The molecule has 0 aliphatic carbocycles. The van der Waals surface area contributed by atoms with E-state index in [1.165, 1.54) is 0 Å². The predicted molar refractivity (Wildman–Crippen MR) is 171 cm³/mol. The Morgan fingerprint density at radius 1 is 0.538 bits per heavy atom. The molecule has 0 N–H and O–H groups in total. The largest absolute Gasteiger partial charge is 0.405 e. The van der Waals surface area contributed by atoms with Gasteiger partial charge in [-0.05, 0) is 94.4 Å². The van der Waals surface area contributed by atoms with Gasteiger partial charge < -0.3 is 9.80 Å². The highest BCUT2D eigenvalue weighted by atomic mass is 32.3. The van der Waals surface area contributed by atoms with E-state index in [9.17, 15) is 8.42 Å². The first-order chi connectivity index (χ1) is 18.2. The number of hydrogen-bond donors (Lipinski definition) is 0. The number of likely N-dealkylation sites (N-methyl/N-ethyl adjacent to an activating group) is 6. The molecule has 13 heteroatoms. The van der Waals surface area contributed by atoms with Gasteiger partial charge >= 0.3 is 10.4 Å². The summed E-state index contributed by atoms with van der Waals surface area (Å²) in [6.45, 7) is 21.7. The molecule has 0 fully saturated rings. The predicted octanol–water partition coefficient (Wildman–Crippen LogP) is 4.03. The lowest BCUT2D eigenvalue weighted by Crippen LogP contribution is -2.66. The minimum Gasteiger partial charge on any atom is -0.300 e. The van der Waals surface area contributed by atoms with Crippen LogP contribution in [-0.2, 0) is 18.3 Å². The Morgan fingerprint density at radius 2 is 0.795 bits per heavy atom. The molecule has 0 aliphatic rings. The molecule has 0 saturated carbocycles. The fraction of sp³-hybridized carbons (Fsp3) is 1.00. The average molecular weight is 617 g/mol. The van der Waals surface area contributed by atoms with Crippen LogP contribution in [0.25, 0.3) is 0 Å². The van der Waals surface area contributed by atoms with Crippen LogP contribution in [0.3, 0.4) is 0 Å². The van der Waals surface area contributed by atoms with Gasteiger partial charge in [0.2, 0.25) is 0 Å². The van der Waals surface area contributed by atoms with Crippen molar-refractivity contribution in [3.8, 4) is 0 Å². The number of hydrogen-bond acceptors (Lipinski definition) is 10. The lowest BCUT2D eigenvalue weighted by Gasteiger charge is -2.54. The molecule has 236 valence electrons. The molecule has 0 saturated heterocycles. The van der Waals surface area contributed by atoms with Crippen LogP contribution in [0.4, 0.5) is 0 Å². The Labute approximate surface area is 246 Å². The van der Waals surface area contributed by atoms with Gasteiger partial charge in [-0.1, -0.05) is 55.4 Å². The van der Waals surface area contributed by atoms with Gasteiger partial charge in [-0.25, -0.2) is 7.94 Å². The Morgan fingerprint density at radius 3 is 0.974 bits per heavy atom. The molecule has 4 atom stereocenters. The van der Waals surface area contributed by atoms with E-state index in [1.54, 1.807) is 0 Å². The maximum Gasteiger partial charge on any atom is 0.405 e. The van der Waals surface area contributed by atoms with Crippen molar-refractivity contribution in [1.29, 1.82) is 0 Å². The summed E-state index contributed by atoms with van der Waals surface area (Å²) in [5.74, 6) is 0. The Hall–Kier alpha value is 0.490. The summed E-state index contributed by atoms with van der Waals surface area (Å²) in [7, 11) is 7.38. The first-order valence-electron chi connectivity index (χ1n) is 14.6. The molecule has 0 bridgehead atoms. The molecular formula is C26H62N6O4P2S. The highest BCUT2D eigenvalue weighted by Crippen LogP contribution is 2.48. The van der Waals surface area contributed by atoms with Gasteiger partial charge in [0, 0.05) is 12.1 Å². The van der Waals surface area contributed by atoms with E-state index in [2.05, 4.69) is 98.9 Å². The van der Waals surface area contributed by atoms with Crippen LogP contribution < -0.4 is 0 Å². The zero-order valence-corrected chi connectivity index (χ0v) is 30.4. The van der Waals surface area contributed by atoms with Crippen LogP contribution in [0.15, 0.2) is 0 Å². The smallest absolute Gasteiger partial charge is 0.300 e. The minimum absolute atomic E-state index is 0.0626. The average Bonchev–Trinajstić information content (AvgIpc) is 2.94. The number of rotatable bonds is 22. The zero-order chi connectivity index (χ0) is 30.6. The molecule has 0 aliphatic heterocycles. The van der Waals surface area contributed by atoms with E-state index < -0.39 is 21.2 Å². The quantitative estimate of drug-likeness (QED) is 0.132. The van der Waals surface area contributed by atoms with Crippen molar-refractivity contribution in [3.63, 3.8) is 0 Å². The van der Waals surface area contributed by atoms with Gasteiger partial charge in [0.25, 0.3) is 0 Å². The molecule has 10 nitrogen and oxygen atoms in total. The van der Waals surface area contributed by atoms with E-state index in [1.807, 2.05) is 28.2 Å². The lowest BCUT2D eigenvalue weighted by molar-refractivity contribution is -0.0231. The van der Waals surface area contributed by atoms with Crippen molar-refractivity contribution in [2.45, 2.75) is 91.1 Å². The molecule has 0 aromatic carbocycles. The lowest BCUT2D eigenvalue weighted by atomic mass is 10.1. The molecule has 0 aromatic rings. The fourth-order valence-electron chi connectivity index (χ4n) is 5.50. The number of nitrogens with zero attached hydrogens (tertiary/aromatic N) is 6. The molecule has 39 heavy (non-hydrogen) atoms. The molecule has 0 rings (SSSR count). The summed E-state index contributed by atoms with van der Waals surface area (Å²) in [5, 5.41) is -1.26. The second-order valence-electron chi connectivity index (χ2n) is 10.3. The standard InChI is InChI=1S/C26H62N6O4P2S/c1-15-23(27(9)17-3)25(29(11)19-5,30(12)20-6)37-35-39(33,34)36-38-26(31(13)21-7,32(14)22-8)24(16-2)28(10)18-4/h23-24,37-38H,15-22H2,1-14H3. The van der Waals surface area contributed by atoms with Crippen molar-refractivity contribution >= 4 is 28.0 Å². The molecule has 0 spiro atoms. The third-order valence-corrected chi connectivity index (χ3v) is 13.7. The van der Waals surface area contributed by atoms with Gasteiger partial charge in [-0.2, -0.15) is 8.42 Å². The molecular weight excluding hydrogens is 554 g/mol. The maximum atomic E-state index is 13.5. The first-order valence-corrected chi connectivity index (χ1v) is 17.8. The second kappa shape index (κ2) is 18.2. The van der Waals surface area contributed by atoms with Crippen LogP contribution in [0.5, 0.6) is 0 Å². The van der Waals surface area contributed by atoms with Gasteiger partial charge in [0.15, 0.2) is 0 Å². The first kappa shape index (κ1) is 39.5. The minimum atomic E-state index is -4.28. The summed E-state index contributed by atoms with van der Waals surface area (Å²) in [5.41, 5.74) is 0. The SMILES string of the molecule is CCC(N(C)CC)C(POS(=O)(=O)OPC(C(CC)N(C)CC)(N(C)CC)N(C)CC)(N(C)CC)N(C)CC. The molecule has 4 unspecified atom stereocenters. The third-order valence-electron chi connectivity index (χ3n) is 8.58. The van der Waals surface area contributed by atoms with Crippen molar-refractivity contribution in [3.05, 3.63) is 0 Å². The summed E-state index contributed by atoms with van der Waals surface area (Å²) in [4.78, 5) is 13.4. The highest BCUT2D eigenvalue weighted by molar-refractivity contribution is 7.88. The van der Waals surface area contributed by atoms with E-state index in [4.69, 9.17) is 7.94 Å². The zero-order valence-electron chi connectivity index (χ0n) is 27.5. The van der Waals surface area contributed by atoms with Crippen LogP contribution in [0.1, 0.15) is 68.2 Å². The molecule has 0 radical (unpaired) electrons. The molecule has 0 amide bonds. The van der Waals surface area contributed by atoms with Crippen molar-refractivity contribution in [2.75, 3.05) is 81.6 Å². The highest BCUT2D eigenvalue weighted by Gasteiger charge is 2.50. The van der Waals surface area contributed by atoms with E-state index >= 15 is 0 Å². The van der Waals surface area contributed by atoms with E-state index in [0.29, 0.717) is 0 Å². The van der Waals surface area contributed by atoms with Gasteiger partial charge in [-0.15, -0.1) is 0 Å².